The van der Waals surface area contributed by atoms with Gasteiger partial charge in [-0.05, 0) is 36.3 Å². The molecule has 1 aromatic heterocycles. The van der Waals surface area contributed by atoms with Crippen LogP contribution in [0.5, 0.6) is 11.5 Å². The van der Waals surface area contributed by atoms with E-state index in [2.05, 4.69) is 5.32 Å². The molecule has 2 rings (SSSR count). The van der Waals surface area contributed by atoms with E-state index < -0.39 is 11.9 Å². The molecule has 7 heteroatoms. The number of methoxy groups -OCH3 is 2. The molecule has 0 spiro atoms. The molecule has 0 aliphatic rings. The van der Waals surface area contributed by atoms with Gasteiger partial charge in [-0.25, -0.2) is 0 Å². The number of ether oxygens (including phenoxy) is 2. The Labute approximate surface area is 149 Å². The number of amides is 1. The number of carboxylic acids is 1. The van der Waals surface area contributed by atoms with E-state index in [1.54, 1.807) is 31.4 Å². The average Bonchev–Trinajstić information content (AvgIpc) is 3.02. The van der Waals surface area contributed by atoms with Crippen molar-refractivity contribution in [2.75, 3.05) is 19.5 Å². The van der Waals surface area contributed by atoms with Crippen molar-refractivity contribution in [2.24, 2.45) is 0 Å². The van der Waals surface area contributed by atoms with Crippen LogP contribution in [0.25, 0.3) is 6.08 Å². The van der Waals surface area contributed by atoms with Crippen molar-refractivity contribution in [3.8, 4) is 11.5 Å². The zero-order valence-electron chi connectivity index (χ0n) is 14.1. The molecule has 0 aliphatic carbocycles. The normalized spacial score (nSPS) is 10.7. The predicted octanol–water partition coefficient (Wildman–Crippen LogP) is 2.34. The molecule has 0 aliphatic heterocycles. The maximum atomic E-state index is 12.1. The lowest BCUT2D eigenvalue weighted by Gasteiger charge is -2.07. The third-order valence-electron chi connectivity index (χ3n) is 3.42. The Kier molecular flexibility index (Phi) is 6.19. The Balaban J connectivity index is 2.14. The van der Waals surface area contributed by atoms with Crippen molar-refractivity contribution in [1.82, 2.24) is 0 Å². The number of rotatable bonds is 7. The highest BCUT2D eigenvalue weighted by atomic mass is 32.1. The Morgan fingerprint density at radius 3 is 2.52 bits per heavy atom. The van der Waals surface area contributed by atoms with Gasteiger partial charge in [-0.1, -0.05) is 13.0 Å². The molecule has 0 atom stereocenters. The standard InChI is InChI=1S/C18H19NO5S/c1-4-12-10-13(18(21)22)17(25-12)19-16(20)8-6-11-5-7-14(23-2)15(9-11)24-3/h5-10H,4H2,1-3H3,(H,19,20)(H,21,22)/p-1/b8-6+. The molecule has 25 heavy (non-hydrogen) atoms. The summed E-state index contributed by atoms with van der Waals surface area (Å²) < 4.78 is 10.4. The fourth-order valence-electron chi connectivity index (χ4n) is 2.14. The average molecular weight is 360 g/mol. The minimum Gasteiger partial charge on any atom is -0.545 e. The summed E-state index contributed by atoms with van der Waals surface area (Å²) in [7, 11) is 3.07. The molecule has 0 radical (unpaired) electrons. The zero-order valence-corrected chi connectivity index (χ0v) is 14.9. The highest BCUT2D eigenvalue weighted by Gasteiger charge is 2.11. The molecule has 1 heterocycles. The van der Waals surface area contributed by atoms with Gasteiger partial charge in [0.15, 0.2) is 11.5 Å². The Morgan fingerprint density at radius 1 is 1.20 bits per heavy atom. The van der Waals surface area contributed by atoms with Crippen molar-refractivity contribution in [3.63, 3.8) is 0 Å². The van der Waals surface area contributed by atoms with Gasteiger partial charge < -0.3 is 24.7 Å². The second-order valence-electron chi connectivity index (χ2n) is 5.03. The van der Waals surface area contributed by atoms with Gasteiger partial charge in [0.2, 0.25) is 5.91 Å². The number of aromatic carboxylic acids is 1. The minimum atomic E-state index is -1.31. The van der Waals surface area contributed by atoms with Crippen LogP contribution < -0.4 is 19.9 Å². The number of anilines is 1. The summed E-state index contributed by atoms with van der Waals surface area (Å²) in [5.41, 5.74) is 0.739. The van der Waals surface area contributed by atoms with E-state index in [0.29, 0.717) is 17.9 Å². The first-order valence-electron chi connectivity index (χ1n) is 7.53. The second kappa shape index (κ2) is 8.34. The smallest absolute Gasteiger partial charge is 0.249 e. The first-order chi connectivity index (χ1) is 12.0. The molecule has 132 valence electrons. The quantitative estimate of drug-likeness (QED) is 0.766. The lowest BCUT2D eigenvalue weighted by atomic mass is 10.2. The highest BCUT2D eigenvalue weighted by molar-refractivity contribution is 7.16. The van der Waals surface area contributed by atoms with E-state index in [-0.39, 0.29) is 10.6 Å². The van der Waals surface area contributed by atoms with Crippen LogP contribution in [0.2, 0.25) is 0 Å². The Hall–Kier alpha value is -2.80. The van der Waals surface area contributed by atoms with Crippen LogP contribution in [-0.4, -0.2) is 26.1 Å². The summed E-state index contributed by atoms with van der Waals surface area (Å²) in [6.45, 7) is 1.91. The number of thiophene rings is 1. The van der Waals surface area contributed by atoms with Crippen molar-refractivity contribution in [2.45, 2.75) is 13.3 Å². The number of carbonyl (C=O) groups excluding carboxylic acids is 2. The lowest BCUT2D eigenvalue weighted by Crippen LogP contribution is -2.23. The number of carboxylic acid groups (broad SMARTS) is 1. The van der Waals surface area contributed by atoms with Gasteiger partial charge in [-0.15, -0.1) is 11.3 Å². The van der Waals surface area contributed by atoms with Crippen molar-refractivity contribution < 1.29 is 24.2 Å². The van der Waals surface area contributed by atoms with Crippen LogP contribution in [0.3, 0.4) is 0 Å². The van der Waals surface area contributed by atoms with Crippen LogP contribution in [-0.2, 0) is 11.2 Å². The molecule has 0 bridgehead atoms. The molecule has 1 N–H and O–H groups in total. The number of hydrogen-bond acceptors (Lipinski definition) is 6. The monoisotopic (exact) mass is 360 g/mol. The Bertz CT molecular complexity index is 810. The zero-order chi connectivity index (χ0) is 18.4. The predicted molar refractivity (Wildman–Crippen MR) is 95.2 cm³/mol. The Morgan fingerprint density at radius 2 is 1.92 bits per heavy atom. The van der Waals surface area contributed by atoms with Gasteiger partial charge in [0.25, 0.3) is 0 Å². The summed E-state index contributed by atoms with van der Waals surface area (Å²) in [4.78, 5) is 24.1. The largest absolute Gasteiger partial charge is 0.545 e. The number of hydrogen-bond donors (Lipinski definition) is 1. The summed E-state index contributed by atoms with van der Waals surface area (Å²) in [6, 6.07) is 6.76. The van der Waals surface area contributed by atoms with E-state index in [1.807, 2.05) is 6.92 Å². The van der Waals surface area contributed by atoms with Gasteiger partial charge >= 0.3 is 0 Å². The molecular weight excluding hydrogens is 342 g/mol. The second-order valence-corrected chi connectivity index (χ2v) is 6.17. The van der Waals surface area contributed by atoms with E-state index in [0.717, 1.165) is 10.4 Å². The number of nitrogens with one attached hydrogen (secondary N) is 1. The summed E-state index contributed by atoms with van der Waals surface area (Å²) in [5.74, 6) is -0.597. The molecule has 1 aromatic carbocycles. The number of aryl methyl sites for hydroxylation is 1. The molecular formula is C18H18NO5S-. The molecule has 0 fully saturated rings. The lowest BCUT2D eigenvalue weighted by molar-refractivity contribution is -0.254. The first kappa shape index (κ1) is 18.5. The highest BCUT2D eigenvalue weighted by Crippen LogP contribution is 2.29. The first-order valence-corrected chi connectivity index (χ1v) is 8.35. The van der Waals surface area contributed by atoms with E-state index in [4.69, 9.17) is 9.47 Å². The third-order valence-corrected chi connectivity index (χ3v) is 4.62. The van der Waals surface area contributed by atoms with Crippen LogP contribution in [0.15, 0.2) is 30.3 Å². The van der Waals surface area contributed by atoms with E-state index >= 15 is 0 Å². The molecule has 0 saturated heterocycles. The molecule has 6 nitrogen and oxygen atoms in total. The molecule has 1 amide bonds. The summed E-state index contributed by atoms with van der Waals surface area (Å²) in [5, 5.41) is 14.0. The maximum absolute atomic E-state index is 12.1. The van der Waals surface area contributed by atoms with Gasteiger partial charge in [0, 0.05) is 16.5 Å². The molecule has 0 unspecified atom stereocenters. The van der Waals surface area contributed by atoms with Gasteiger partial charge in [-0.3, -0.25) is 4.79 Å². The van der Waals surface area contributed by atoms with Crippen LogP contribution in [0.1, 0.15) is 27.7 Å². The van der Waals surface area contributed by atoms with Crippen LogP contribution in [0.4, 0.5) is 5.00 Å². The maximum Gasteiger partial charge on any atom is 0.249 e. The summed E-state index contributed by atoms with van der Waals surface area (Å²) in [6.07, 6.45) is 3.61. The van der Waals surface area contributed by atoms with Crippen molar-refractivity contribution in [1.29, 1.82) is 0 Å². The van der Waals surface area contributed by atoms with Gasteiger partial charge in [0.1, 0.15) is 5.00 Å². The van der Waals surface area contributed by atoms with Crippen LogP contribution in [0, 0.1) is 0 Å². The van der Waals surface area contributed by atoms with Crippen LogP contribution >= 0.6 is 11.3 Å². The fraction of sp³-hybridized carbons (Fsp3) is 0.222. The van der Waals surface area contributed by atoms with E-state index in [9.17, 15) is 14.7 Å². The SMILES string of the molecule is CCc1cc(C(=O)[O-])c(NC(=O)/C=C/c2ccc(OC)c(OC)c2)s1. The molecule has 0 saturated carbocycles. The number of carbonyl (C=O) groups is 2. The van der Waals surface area contributed by atoms with Crippen molar-refractivity contribution in [3.05, 3.63) is 46.3 Å². The fourth-order valence-corrected chi connectivity index (χ4v) is 3.13. The minimum absolute atomic E-state index is 0.00489. The molecule has 2 aromatic rings. The topological polar surface area (TPSA) is 87.7 Å². The van der Waals surface area contributed by atoms with Crippen molar-refractivity contribution >= 4 is 34.3 Å². The van der Waals surface area contributed by atoms with E-state index in [1.165, 1.54) is 30.6 Å². The van der Waals surface area contributed by atoms with Gasteiger partial charge in [0.05, 0.1) is 20.2 Å². The third kappa shape index (κ3) is 4.60. The number of benzene rings is 1. The van der Waals surface area contributed by atoms with Gasteiger partial charge in [-0.2, -0.15) is 0 Å². The summed E-state index contributed by atoms with van der Waals surface area (Å²) >= 11 is 1.23.